The minimum absolute atomic E-state index is 0.00790. The number of carbonyl (C=O) groups excluding carboxylic acids is 1. The highest BCUT2D eigenvalue weighted by molar-refractivity contribution is 7.89. The van der Waals surface area contributed by atoms with Gasteiger partial charge in [-0.25, -0.2) is 13.6 Å². The van der Waals surface area contributed by atoms with Crippen LogP contribution in [0.1, 0.15) is 54.4 Å². The molecule has 178 valence electrons. The van der Waals surface area contributed by atoms with Crippen molar-refractivity contribution in [3.8, 4) is 11.5 Å². The van der Waals surface area contributed by atoms with E-state index in [0.29, 0.717) is 24.6 Å². The van der Waals surface area contributed by atoms with Gasteiger partial charge in [0.2, 0.25) is 10.0 Å². The molecule has 2 aromatic carbocycles. The predicted octanol–water partition coefficient (Wildman–Crippen LogP) is 3.76. The molecule has 4 rings (SSSR count). The Labute approximate surface area is 195 Å². The number of methoxy groups -OCH3 is 1. The molecule has 7 nitrogen and oxygen atoms in total. The summed E-state index contributed by atoms with van der Waals surface area (Å²) in [6.07, 6.45) is 7.71. The Morgan fingerprint density at radius 3 is 2.27 bits per heavy atom. The number of sulfonamides is 1. The van der Waals surface area contributed by atoms with Gasteiger partial charge in [0.05, 0.1) is 18.1 Å². The fourth-order valence-corrected chi connectivity index (χ4v) is 5.28. The number of piperidine rings is 1. The molecule has 1 aliphatic carbocycles. The summed E-state index contributed by atoms with van der Waals surface area (Å²) in [4.78, 5) is 14.7. The number of ether oxygens (including phenoxy) is 2. The monoisotopic (exact) mass is 472 g/mol. The van der Waals surface area contributed by atoms with Crippen LogP contribution in [0.4, 0.5) is 0 Å². The second-order valence-corrected chi connectivity index (χ2v) is 10.6. The minimum Gasteiger partial charge on any atom is -0.493 e. The van der Waals surface area contributed by atoms with Gasteiger partial charge in [-0.15, -0.1) is 0 Å². The summed E-state index contributed by atoms with van der Waals surface area (Å²) in [5.41, 5.74) is 1.71. The molecule has 0 unspecified atom stereocenters. The minimum atomic E-state index is -3.76. The maximum Gasteiger partial charge on any atom is 0.253 e. The van der Waals surface area contributed by atoms with E-state index in [9.17, 15) is 13.2 Å². The Morgan fingerprint density at radius 2 is 1.67 bits per heavy atom. The van der Waals surface area contributed by atoms with Crippen LogP contribution in [-0.4, -0.2) is 45.5 Å². The van der Waals surface area contributed by atoms with Crippen molar-refractivity contribution in [3.05, 3.63) is 53.6 Å². The number of carbonyl (C=O) groups is 1. The summed E-state index contributed by atoms with van der Waals surface area (Å²) >= 11 is 0. The Kier molecular flexibility index (Phi) is 7.24. The number of hydrogen-bond donors (Lipinski definition) is 1. The van der Waals surface area contributed by atoms with E-state index < -0.39 is 10.0 Å². The van der Waals surface area contributed by atoms with Gasteiger partial charge in [0.15, 0.2) is 11.5 Å². The van der Waals surface area contributed by atoms with Crippen molar-refractivity contribution < 1.29 is 22.7 Å². The summed E-state index contributed by atoms with van der Waals surface area (Å²) in [7, 11) is -2.09. The topological polar surface area (TPSA) is 98.9 Å². The highest BCUT2D eigenvalue weighted by Crippen LogP contribution is 2.34. The zero-order valence-electron chi connectivity index (χ0n) is 19.0. The van der Waals surface area contributed by atoms with Crippen molar-refractivity contribution in [1.82, 2.24) is 4.90 Å². The molecule has 2 N–H and O–H groups in total. The van der Waals surface area contributed by atoms with Crippen molar-refractivity contribution >= 4 is 15.9 Å². The van der Waals surface area contributed by atoms with E-state index >= 15 is 0 Å². The number of benzene rings is 2. The molecule has 0 spiro atoms. The molecular formula is C25H32N2O5S. The van der Waals surface area contributed by atoms with Gasteiger partial charge in [0.1, 0.15) is 0 Å². The lowest BCUT2D eigenvalue weighted by Crippen LogP contribution is -2.38. The Morgan fingerprint density at radius 1 is 1.00 bits per heavy atom. The third-order valence-electron chi connectivity index (χ3n) is 6.68. The third kappa shape index (κ3) is 5.86. The summed E-state index contributed by atoms with van der Waals surface area (Å²) in [6.45, 7) is 1.37. The molecule has 2 fully saturated rings. The third-order valence-corrected chi connectivity index (χ3v) is 7.61. The van der Waals surface area contributed by atoms with Crippen LogP contribution >= 0.6 is 0 Å². The van der Waals surface area contributed by atoms with E-state index in [-0.39, 0.29) is 16.9 Å². The van der Waals surface area contributed by atoms with E-state index in [1.807, 2.05) is 11.0 Å². The molecule has 0 bridgehead atoms. The summed E-state index contributed by atoms with van der Waals surface area (Å²) in [6, 6.07) is 12.0. The molecule has 1 aliphatic heterocycles. The SMILES string of the molecule is COc1ccc(CC2CCN(C(=O)c3ccc(S(N)(=O)=O)cc3)CC2)cc1OC1CCCC1. The highest BCUT2D eigenvalue weighted by Gasteiger charge is 2.25. The van der Waals surface area contributed by atoms with Crippen LogP contribution in [0.15, 0.2) is 47.4 Å². The van der Waals surface area contributed by atoms with Crippen molar-refractivity contribution in [3.63, 3.8) is 0 Å². The molecule has 2 aromatic rings. The number of nitrogens with two attached hydrogens (primary N) is 1. The molecule has 1 amide bonds. The lowest BCUT2D eigenvalue weighted by Gasteiger charge is -2.32. The molecule has 1 saturated carbocycles. The van der Waals surface area contributed by atoms with Crippen LogP contribution < -0.4 is 14.6 Å². The van der Waals surface area contributed by atoms with E-state index in [1.54, 1.807) is 7.11 Å². The molecule has 0 radical (unpaired) electrons. The van der Waals surface area contributed by atoms with E-state index in [4.69, 9.17) is 14.6 Å². The van der Waals surface area contributed by atoms with Gasteiger partial charge in [-0.1, -0.05) is 6.07 Å². The van der Waals surface area contributed by atoms with Crippen LogP contribution in [0.25, 0.3) is 0 Å². The van der Waals surface area contributed by atoms with Gasteiger partial charge in [-0.05, 0) is 92.8 Å². The first-order chi connectivity index (χ1) is 15.8. The summed E-state index contributed by atoms with van der Waals surface area (Å²) < 4.78 is 34.6. The molecule has 8 heteroatoms. The van der Waals surface area contributed by atoms with Gasteiger partial charge < -0.3 is 14.4 Å². The van der Waals surface area contributed by atoms with Crippen LogP contribution in [0.3, 0.4) is 0 Å². The van der Waals surface area contributed by atoms with E-state index in [1.165, 1.54) is 42.7 Å². The quantitative estimate of drug-likeness (QED) is 0.662. The first-order valence-corrected chi connectivity index (χ1v) is 13.1. The van der Waals surface area contributed by atoms with Gasteiger partial charge in [-0.3, -0.25) is 4.79 Å². The van der Waals surface area contributed by atoms with Crippen LogP contribution in [0.2, 0.25) is 0 Å². The second kappa shape index (κ2) is 10.1. The van der Waals surface area contributed by atoms with Gasteiger partial charge in [-0.2, -0.15) is 0 Å². The average molecular weight is 473 g/mol. The zero-order valence-corrected chi connectivity index (χ0v) is 19.9. The number of amides is 1. The molecule has 1 saturated heterocycles. The average Bonchev–Trinajstić information content (AvgIpc) is 3.32. The number of rotatable bonds is 7. The largest absolute Gasteiger partial charge is 0.493 e. The maximum atomic E-state index is 12.8. The number of nitrogens with zero attached hydrogens (tertiary/aromatic N) is 1. The summed E-state index contributed by atoms with van der Waals surface area (Å²) in [5, 5.41) is 5.13. The van der Waals surface area contributed by atoms with E-state index in [0.717, 1.165) is 43.6 Å². The lowest BCUT2D eigenvalue weighted by molar-refractivity contribution is 0.0690. The van der Waals surface area contributed by atoms with E-state index in [2.05, 4.69) is 12.1 Å². The van der Waals surface area contributed by atoms with Gasteiger partial charge in [0.25, 0.3) is 5.91 Å². The second-order valence-electron chi connectivity index (χ2n) is 9.02. The first kappa shape index (κ1) is 23.6. The van der Waals surface area contributed by atoms with Crippen LogP contribution in [0.5, 0.6) is 11.5 Å². The number of primary sulfonamides is 1. The maximum absolute atomic E-state index is 12.8. The zero-order chi connectivity index (χ0) is 23.4. The Hall–Kier alpha value is -2.58. The Balaban J connectivity index is 1.34. The van der Waals surface area contributed by atoms with Crippen LogP contribution in [-0.2, 0) is 16.4 Å². The van der Waals surface area contributed by atoms with Crippen molar-refractivity contribution in [2.75, 3.05) is 20.2 Å². The molecular weight excluding hydrogens is 440 g/mol. The molecule has 2 aliphatic rings. The van der Waals surface area contributed by atoms with Crippen molar-refractivity contribution in [2.45, 2.75) is 55.9 Å². The van der Waals surface area contributed by atoms with Gasteiger partial charge >= 0.3 is 0 Å². The van der Waals surface area contributed by atoms with Crippen molar-refractivity contribution in [2.24, 2.45) is 11.1 Å². The number of likely N-dealkylation sites (tertiary alicyclic amines) is 1. The highest BCUT2D eigenvalue weighted by atomic mass is 32.2. The predicted molar refractivity (Wildman–Crippen MR) is 126 cm³/mol. The number of hydrogen-bond acceptors (Lipinski definition) is 5. The molecule has 1 heterocycles. The fourth-order valence-electron chi connectivity index (χ4n) is 4.77. The lowest BCUT2D eigenvalue weighted by atomic mass is 9.90. The molecule has 0 atom stereocenters. The Bertz CT molecular complexity index is 1070. The van der Waals surface area contributed by atoms with Crippen LogP contribution in [0, 0.1) is 5.92 Å². The van der Waals surface area contributed by atoms with Crippen molar-refractivity contribution in [1.29, 1.82) is 0 Å². The fraction of sp³-hybridized carbons (Fsp3) is 0.480. The molecule has 0 aromatic heterocycles. The molecule has 33 heavy (non-hydrogen) atoms. The first-order valence-electron chi connectivity index (χ1n) is 11.6. The smallest absolute Gasteiger partial charge is 0.253 e. The van der Waals surface area contributed by atoms with Gasteiger partial charge in [0, 0.05) is 18.7 Å². The summed E-state index contributed by atoms with van der Waals surface area (Å²) in [5.74, 6) is 2.02. The normalized spacial score (nSPS) is 17.8. The standard InChI is InChI=1S/C25H32N2O5S/c1-31-23-11-6-19(17-24(23)32-21-4-2-3-5-21)16-18-12-14-27(15-13-18)25(28)20-7-9-22(10-8-20)33(26,29)30/h6-11,17-18,21H,2-5,12-16H2,1H3,(H2,26,29,30).